The second-order valence-corrected chi connectivity index (χ2v) is 9.63. The molecule has 2 bridgehead atoms. The molecule has 2 aliphatic carbocycles. The van der Waals surface area contributed by atoms with Gasteiger partial charge in [0, 0.05) is 31.1 Å². The van der Waals surface area contributed by atoms with Crippen LogP contribution in [0.3, 0.4) is 0 Å². The van der Waals surface area contributed by atoms with Crippen LogP contribution in [0.5, 0.6) is 0 Å². The van der Waals surface area contributed by atoms with E-state index in [0.29, 0.717) is 37.5 Å². The molecule has 0 saturated heterocycles. The van der Waals surface area contributed by atoms with Gasteiger partial charge in [-0.3, -0.25) is 14.4 Å². The van der Waals surface area contributed by atoms with Gasteiger partial charge in [0.05, 0.1) is 18.0 Å². The van der Waals surface area contributed by atoms with Crippen LogP contribution in [0.1, 0.15) is 34.1 Å². The van der Waals surface area contributed by atoms with E-state index in [1.165, 1.54) is 16.2 Å². The molecular formula is C21H26N4O3S. The lowest BCUT2D eigenvalue weighted by molar-refractivity contribution is -0.137. The first kappa shape index (κ1) is 18.8. The summed E-state index contributed by atoms with van der Waals surface area (Å²) >= 11 is 1.49. The molecule has 0 aromatic carbocycles. The van der Waals surface area contributed by atoms with Crippen molar-refractivity contribution >= 4 is 34.1 Å². The van der Waals surface area contributed by atoms with E-state index in [4.69, 9.17) is 5.73 Å². The Balaban J connectivity index is 1.46. The number of carbonyl (C=O) groups excluding carboxylic acids is 3. The highest BCUT2D eigenvalue weighted by Crippen LogP contribution is 2.45. The molecule has 5 rings (SSSR count). The van der Waals surface area contributed by atoms with E-state index in [1.807, 2.05) is 11.8 Å². The number of hydrogen-bond acceptors (Lipinski definition) is 5. The number of fused-ring (bicyclic) bond motifs is 5. The molecule has 2 aliphatic heterocycles. The lowest BCUT2D eigenvalue weighted by Crippen LogP contribution is -2.47. The fourth-order valence-electron chi connectivity index (χ4n) is 5.39. The van der Waals surface area contributed by atoms with E-state index < -0.39 is 0 Å². The summed E-state index contributed by atoms with van der Waals surface area (Å²) in [7, 11) is 1.68. The van der Waals surface area contributed by atoms with Gasteiger partial charge >= 0.3 is 0 Å². The Labute approximate surface area is 174 Å². The molecule has 1 aromatic heterocycles. The molecule has 8 heteroatoms. The van der Waals surface area contributed by atoms with Crippen molar-refractivity contribution in [1.29, 1.82) is 0 Å². The van der Waals surface area contributed by atoms with Gasteiger partial charge in [0.15, 0.2) is 0 Å². The molecule has 4 atom stereocenters. The number of thiophene rings is 1. The van der Waals surface area contributed by atoms with Gasteiger partial charge in [0.2, 0.25) is 11.8 Å². The number of allylic oxidation sites excluding steroid dienone is 1. The van der Waals surface area contributed by atoms with Crippen LogP contribution < -0.4 is 10.6 Å². The third kappa shape index (κ3) is 2.69. The molecule has 3 heterocycles. The number of rotatable bonds is 2. The van der Waals surface area contributed by atoms with Crippen LogP contribution in [0.4, 0.5) is 5.00 Å². The molecule has 0 radical (unpaired) electrons. The van der Waals surface area contributed by atoms with Gasteiger partial charge in [-0.05, 0) is 37.2 Å². The van der Waals surface area contributed by atoms with Crippen molar-refractivity contribution in [3.05, 3.63) is 28.2 Å². The number of amides is 3. The SMILES string of the molecule is CCN1C(=O)CN(C)C(=O)c2c1sc1c2CCN(C(=O)[C@H]2[C@@H](N)[C@H]3C=C[C@@H]2C3)C1. The Morgan fingerprint density at radius 2 is 2.00 bits per heavy atom. The van der Waals surface area contributed by atoms with Gasteiger partial charge in [-0.15, -0.1) is 11.3 Å². The average molecular weight is 415 g/mol. The first-order valence-corrected chi connectivity index (χ1v) is 11.1. The fourth-order valence-corrected chi connectivity index (χ4v) is 6.83. The van der Waals surface area contributed by atoms with Gasteiger partial charge in [-0.2, -0.15) is 0 Å². The Kier molecular flexibility index (Phi) is 4.33. The first-order valence-electron chi connectivity index (χ1n) is 10.3. The maximum absolute atomic E-state index is 13.3. The van der Waals surface area contributed by atoms with E-state index in [9.17, 15) is 14.4 Å². The summed E-state index contributed by atoms with van der Waals surface area (Å²) in [6.07, 6.45) is 5.93. The minimum Gasteiger partial charge on any atom is -0.337 e. The Morgan fingerprint density at radius 3 is 2.69 bits per heavy atom. The van der Waals surface area contributed by atoms with Crippen molar-refractivity contribution in [3.8, 4) is 0 Å². The highest BCUT2D eigenvalue weighted by Gasteiger charge is 2.48. The molecule has 0 unspecified atom stereocenters. The third-order valence-corrected chi connectivity index (χ3v) is 8.19. The zero-order valence-electron chi connectivity index (χ0n) is 16.8. The molecule has 4 aliphatic rings. The Bertz CT molecular complexity index is 939. The second kappa shape index (κ2) is 6.67. The van der Waals surface area contributed by atoms with Crippen LogP contribution in [-0.2, 0) is 22.6 Å². The van der Waals surface area contributed by atoms with E-state index >= 15 is 0 Å². The van der Waals surface area contributed by atoms with Crippen molar-refractivity contribution in [2.75, 3.05) is 31.6 Å². The smallest absolute Gasteiger partial charge is 0.257 e. The zero-order chi connectivity index (χ0) is 20.4. The molecular weight excluding hydrogens is 388 g/mol. The van der Waals surface area contributed by atoms with Crippen molar-refractivity contribution < 1.29 is 14.4 Å². The predicted molar refractivity (Wildman–Crippen MR) is 111 cm³/mol. The maximum atomic E-state index is 13.3. The summed E-state index contributed by atoms with van der Waals surface area (Å²) in [6.45, 7) is 3.65. The number of hydrogen-bond donors (Lipinski definition) is 1. The van der Waals surface area contributed by atoms with Gasteiger partial charge < -0.3 is 20.4 Å². The summed E-state index contributed by atoms with van der Waals surface area (Å²) in [4.78, 5) is 45.0. The molecule has 3 amide bonds. The quantitative estimate of drug-likeness (QED) is 0.738. The molecule has 1 fully saturated rings. The van der Waals surface area contributed by atoms with Gasteiger partial charge in [-0.1, -0.05) is 12.2 Å². The minimum absolute atomic E-state index is 0.0617. The van der Waals surface area contributed by atoms with Crippen molar-refractivity contribution in [2.24, 2.45) is 23.5 Å². The normalized spacial score (nSPS) is 30.7. The van der Waals surface area contributed by atoms with E-state index in [1.54, 1.807) is 11.9 Å². The highest BCUT2D eigenvalue weighted by atomic mass is 32.1. The van der Waals surface area contributed by atoms with Gasteiger partial charge in [0.1, 0.15) is 11.5 Å². The summed E-state index contributed by atoms with van der Waals surface area (Å²) < 4.78 is 0. The van der Waals surface area contributed by atoms with Crippen molar-refractivity contribution in [1.82, 2.24) is 9.80 Å². The van der Waals surface area contributed by atoms with Gasteiger partial charge in [-0.25, -0.2) is 0 Å². The molecule has 29 heavy (non-hydrogen) atoms. The number of nitrogens with zero attached hydrogens (tertiary/aromatic N) is 3. The maximum Gasteiger partial charge on any atom is 0.257 e. The van der Waals surface area contributed by atoms with E-state index in [-0.39, 0.29) is 42.1 Å². The molecule has 2 N–H and O–H groups in total. The van der Waals surface area contributed by atoms with Crippen LogP contribution in [0.15, 0.2) is 12.2 Å². The average Bonchev–Trinajstić information content (AvgIpc) is 3.38. The number of carbonyl (C=O) groups is 3. The lowest BCUT2D eigenvalue weighted by Gasteiger charge is -2.33. The van der Waals surface area contributed by atoms with Crippen molar-refractivity contribution in [2.45, 2.75) is 32.4 Å². The summed E-state index contributed by atoms with van der Waals surface area (Å²) in [6, 6.07) is -0.0950. The topological polar surface area (TPSA) is 87.0 Å². The van der Waals surface area contributed by atoms with E-state index in [0.717, 1.165) is 21.9 Å². The van der Waals surface area contributed by atoms with Crippen LogP contribution in [0.25, 0.3) is 0 Å². The Morgan fingerprint density at radius 1 is 1.24 bits per heavy atom. The summed E-state index contributed by atoms with van der Waals surface area (Å²) in [5, 5.41) is 0.741. The third-order valence-electron chi connectivity index (χ3n) is 6.95. The molecule has 7 nitrogen and oxygen atoms in total. The summed E-state index contributed by atoms with van der Waals surface area (Å²) in [5.74, 6) is 0.424. The van der Waals surface area contributed by atoms with Crippen LogP contribution >= 0.6 is 11.3 Å². The predicted octanol–water partition coefficient (Wildman–Crippen LogP) is 1.22. The van der Waals surface area contributed by atoms with Crippen LogP contribution in [0.2, 0.25) is 0 Å². The molecule has 1 aromatic rings. The van der Waals surface area contributed by atoms with E-state index in [2.05, 4.69) is 12.2 Å². The van der Waals surface area contributed by atoms with Crippen LogP contribution in [0, 0.1) is 17.8 Å². The van der Waals surface area contributed by atoms with Crippen LogP contribution in [-0.4, -0.2) is 60.2 Å². The standard InChI is InChI=1S/C21H26N4O3S/c1-3-25-15(26)10-23(2)19(27)17-13-6-7-24(9-14(13)29-21(17)25)20(28)16-11-4-5-12(8-11)18(16)22/h4-5,11-12,16,18H,3,6-10,22H2,1-2H3/t11-,12+,16-,18+/m1/s1. The van der Waals surface area contributed by atoms with Gasteiger partial charge in [0.25, 0.3) is 5.91 Å². The lowest BCUT2D eigenvalue weighted by atomic mass is 9.87. The molecule has 1 saturated carbocycles. The summed E-state index contributed by atoms with van der Waals surface area (Å²) in [5.41, 5.74) is 8.03. The second-order valence-electron chi connectivity index (χ2n) is 8.54. The minimum atomic E-state index is -0.133. The first-order chi connectivity index (χ1) is 13.9. The monoisotopic (exact) mass is 414 g/mol. The number of nitrogens with two attached hydrogens (primary N) is 1. The highest BCUT2D eigenvalue weighted by molar-refractivity contribution is 7.17. The number of anilines is 1. The molecule has 154 valence electrons. The number of likely N-dealkylation sites (N-methyl/N-ethyl adjacent to an activating group) is 2. The zero-order valence-corrected chi connectivity index (χ0v) is 17.6. The largest absolute Gasteiger partial charge is 0.337 e. The fraction of sp³-hybridized carbons (Fsp3) is 0.571. The Hall–Kier alpha value is -2.19. The van der Waals surface area contributed by atoms with Crippen molar-refractivity contribution in [3.63, 3.8) is 0 Å². The molecule has 0 spiro atoms.